The second-order valence-electron chi connectivity index (χ2n) is 7.88. The van der Waals surface area contributed by atoms with Crippen LogP contribution in [0.5, 0.6) is 0 Å². The van der Waals surface area contributed by atoms with Crippen molar-refractivity contribution < 1.29 is 4.79 Å². The highest BCUT2D eigenvalue weighted by Crippen LogP contribution is 2.27. The number of carbonyl (C=O) groups is 1. The molecule has 0 saturated carbocycles. The molecule has 0 unspecified atom stereocenters. The molecule has 29 heavy (non-hydrogen) atoms. The number of aromatic nitrogens is 1. The van der Waals surface area contributed by atoms with Crippen LogP contribution in [0.4, 0.5) is 0 Å². The maximum atomic E-state index is 13.5. The van der Waals surface area contributed by atoms with E-state index in [1.807, 2.05) is 36.4 Å². The predicted octanol–water partition coefficient (Wildman–Crippen LogP) is 7.39. The maximum Gasteiger partial charge on any atom is 0.195 e. The molecule has 0 saturated heterocycles. The summed E-state index contributed by atoms with van der Waals surface area (Å²) in [7, 11) is 0. The van der Waals surface area contributed by atoms with Crippen molar-refractivity contribution in [3.05, 3.63) is 84.1 Å². The Kier molecular flexibility index (Phi) is 6.09. The van der Waals surface area contributed by atoms with Crippen molar-refractivity contribution in [1.29, 1.82) is 0 Å². The molecule has 1 heterocycles. The molecule has 4 aromatic rings. The summed E-state index contributed by atoms with van der Waals surface area (Å²) in [5, 5.41) is 3.18. The molecule has 1 aromatic heterocycles. The zero-order valence-corrected chi connectivity index (χ0v) is 17.2. The summed E-state index contributed by atoms with van der Waals surface area (Å²) in [5.41, 5.74) is 2.75. The van der Waals surface area contributed by atoms with E-state index in [0.29, 0.717) is 0 Å². The Bertz CT molecular complexity index is 1120. The van der Waals surface area contributed by atoms with Crippen LogP contribution in [0.3, 0.4) is 0 Å². The minimum atomic E-state index is 0.111. The summed E-state index contributed by atoms with van der Waals surface area (Å²) < 4.78 is 2.27. The Balaban J connectivity index is 1.63. The second-order valence-corrected chi connectivity index (χ2v) is 7.88. The Morgan fingerprint density at radius 2 is 1.41 bits per heavy atom. The fraction of sp³-hybridized carbons (Fsp3) is 0.296. The number of ketones is 1. The Morgan fingerprint density at radius 1 is 0.724 bits per heavy atom. The van der Waals surface area contributed by atoms with E-state index in [9.17, 15) is 4.79 Å². The van der Waals surface area contributed by atoms with Crippen molar-refractivity contribution >= 4 is 27.5 Å². The molecule has 0 amide bonds. The molecule has 0 atom stereocenters. The number of carbonyl (C=O) groups excluding carboxylic acids is 1. The third kappa shape index (κ3) is 4.12. The van der Waals surface area contributed by atoms with Crippen LogP contribution in [0.25, 0.3) is 21.7 Å². The van der Waals surface area contributed by atoms with Crippen molar-refractivity contribution in [2.24, 2.45) is 0 Å². The number of nitrogens with zero attached hydrogens (tertiary/aromatic N) is 1. The number of fused-ring (bicyclic) bond motifs is 2. The van der Waals surface area contributed by atoms with Gasteiger partial charge in [0.05, 0.1) is 0 Å². The summed E-state index contributed by atoms with van der Waals surface area (Å²) in [6.45, 7) is 3.22. The number of benzene rings is 3. The number of unbranched alkanes of at least 4 members (excludes halogenated alkanes) is 5. The van der Waals surface area contributed by atoms with E-state index >= 15 is 0 Å². The van der Waals surface area contributed by atoms with Gasteiger partial charge in [0, 0.05) is 34.8 Å². The molecule has 2 heteroatoms. The van der Waals surface area contributed by atoms with Crippen molar-refractivity contribution in [2.75, 3.05) is 0 Å². The van der Waals surface area contributed by atoms with Crippen LogP contribution in [-0.2, 0) is 6.54 Å². The third-order valence-corrected chi connectivity index (χ3v) is 5.82. The van der Waals surface area contributed by atoms with Gasteiger partial charge in [0.15, 0.2) is 5.78 Å². The molecule has 148 valence electrons. The van der Waals surface area contributed by atoms with Gasteiger partial charge in [0.2, 0.25) is 0 Å². The average Bonchev–Trinajstić information content (AvgIpc) is 3.14. The molecule has 3 aromatic carbocycles. The summed E-state index contributed by atoms with van der Waals surface area (Å²) >= 11 is 0. The number of aryl methyl sites for hydroxylation is 1. The SMILES string of the molecule is CCCCCCCCn1cc(C(=O)c2cccc3ccccc23)c2ccccc21. The minimum absolute atomic E-state index is 0.111. The first-order valence-electron chi connectivity index (χ1n) is 10.9. The molecule has 0 N–H and O–H groups in total. The van der Waals surface area contributed by atoms with E-state index in [1.54, 1.807) is 0 Å². The Hall–Kier alpha value is -2.87. The van der Waals surface area contributed by atoms with Gasteiger partial charge < -0.3 is 4.57 Å². The lowest BCUT2D eigenvalue weighted by molar-refractivity contribution is 0.104. The molecule has 0 spiro atoms. The van der Waals surface area contributed by atoms with Gasteiger partial charge in [-0.25, -0.2) is 0 Å². The van der Waals surface area contributed by atoms with Gasteiger partial charge >= 0.3 is 0 Å². The van der Waals surface area contributed by atoms with E-state index in [4.69, 9.17) is 0 Å². The highest BCUT2D eigenvalue weighted by Gasteiger charge is 2.18. The normalized spacial score (nSPS) is 11.3. The molecular formula is C27H29NO. The zero-order valence-electron chi connectivity index (χ0n) is 17.2. The maximum absolute atomic E-state index is 13.5. The lowest BCUT2D eigenvalue weighted by Gasteiger charge is -2.05. The van der Waals surface area contributed by atoms with Crippen LogP contribution in [0.1, 0.15) is 61.4 Å². The van der Waals surface area contributed by atoms with Crippen LogP contribution in [0, 0.1) is 0 Å². The lowest BCUT2D eigenvalue weighted by atomic mass is 9.97. The molecule has 0 radical (unpaired) electrons. The molecule has 0 aliphatic heterocycles. The molecular weight excluding hydrogens is 354 g/mol. The van der Waals surface area contributed by atoms with E-state index in [-0.39, 0.29) is 5.78 Å². The molecule has 0 aliphatic carbocycles. The highest BCUT2D eigenvalue weighted by atomic mass is 16.1. The topological polar surface area (TPSA) is 22.0 Å². The predicted molar refractivity (Wildman–Crippen MR) is 123 cm³/mol. The van der Waals surface area contributed by atoms with Crippen molar-refractivity contribution in [2.45, 2.75) is 52.0 Å². The third-order valence-electron chi connectivity index (χ3n) is 5.82. The van der Waals surface area contributed by atoms with E-state index in [2.05, 4.69) is 48.0 Å². The van der Waals surface area contributed by atoms with Gasteiger partial charge in [0.25, 0.3) is 0 Å². The number of rotatable bonds is 9. The molecule has 0 aliphatic rings. The molecule has 0 bridgehead atoms. The summed E-state index contributed by atoms with van der Waals surface area (Å²) in [4.78, 5) is 13.5. The fourth-order valence-electron chi connectivity index (χ4n) is 4.24. The Morgan fingerprint density at radius 3 is 2.28 bits per heavy atom. The Labute approximate surface area is 173 Å². The first-order valence-corrected chi connectivity index (χ1v) is 10.9. The van der Waals surface area contributed by atoms with Gasteiger partial charge in [-0.2, -0.15) is 0 Å². The van der Waals surface area contributed by atoms with E-state index in [1.165, 1.54) is 32.1 Å². The van der Waals surface area contributed by atoms with Crippen LogP contribution in [-0.4, -0.2) is 10.4 Å². The first kappa shape index (κ1) is 19.4. The number of para-hydroxylation sites is 1. The van der Waals surface area contributed by atoms with Crippen LogP contribution < -0.4 is 0 Å². The van der Waals surface area contributed by atoms with Crippen LogP contribution in [0.2, 0.25) is 0 Å². The van der Waals surface area contributed by atoms with Gasteiger partial charge in [-0.05, 0) is 23.3 Å². The van der Waals surface area contributed by atoms with Gasteiger partial charge in [0.1, 0.15) is 0 Å². The van der Waals surface area contributed by atoms with E-state index < -0.39 is 0 Å². The summed E-state index contributed by atoms with van der Waals surface area (Å²) in [6, 6.07) is 22.4. The van der Waals surface area contributed by atoms with Crippen molar-refractivity contribution in [3.63, 3.8) is 0 Å². The van der Waals surface area contributed by atoms with Crippen LogP contribution in [0.15, 0.2) is 72.9 Å². The van der Waals surface area contributed by atoms with Crippen LogP contribution >= 0.6 is 0 Å². The largest absolute Gasteiger partial charge is 0.347 e. The summed E-state index contributed by atoms with van der Waals surface area (Å²) in [5.74, 6) is 0.111. The van der Waals surface area contributed by atoms with E-state index in [0.717, 1.165) is 45.8 Å². The number of hydrogen-bond acceptors (Lipinski definition) is 1. The number of hydrogen-bond donors (Lipinski definition) is 0. The van der Waals surface area contributed by atoms with Crippen molar-refractivity contribution in [3.8, 4) is 0 Å². The summed E-state index contributed by atoms with van der Waals surface area (Å²) in [6.07, 6.45) is 9.71. The second kappa shape index (κ2) is 9.09. The molecule has 2 nitrogen and oxygen atoms in total. The zero-order chi connectivity index (χ0) is 20.1. The smallest absolute Gasteiger partial charge is 0.195 e. The highest BCUT2D eigenvalue weighted by molar-refractivity contribution is 6.21. The lowest BCUT2D eigenvalue weighted by Crippen LogP contribution is -2.02. The molecule has 4 rings (SSSR count). The average molecular weight is 384 g/mol. The quantitative estimate of drug-likeness (QED) is 0.218. The standard InChI is InChI=1S/C27H29NO/c1-2-3-4-5-6-11-19-28-20-25(23-16-9-10-18-26(23)28)27(29)24-17-12-14-21-13-7-8-15-22(21)24/h7-10,12-18,20H,2-6,11,19H2,1H3. The van der Waals surface area contributed by atoms with Gasteiger partial charge in [-0.3, -0.25) is 4.79 Å². The van der Waals surface area contributed by atoms with Gasteiger partial charge in [-0.15, -0.1) is 0 Å². The monoisotopic (exact) mass is 383 g/mol. The fourth-order valence-corrected chi connectivity index (χ4v) is 4.24. The van der Waals surface area contributed by atoms with Crippen molar-refractivity contribution in [1.82, 2.24) is 4.57 Å². The van der Waals surface area contributed by atoms with Gasteiger partial charge in [-0.1, -0.05) is 99.7 Å². The minimum Gasteiger partial charge on any atom is -0.347 e. The first-order chi connectivity index (χ1) is 14.3. The molecule has 0 fully saturated rings.